The van der Waals surface area contributed by atoms with Crippen LogP contribution < -0.4 is 10.6 Å². The number of fused-ring (bicyclic) bond motifs is 1. The Hall–Kier alpha value is -2.34. The van der Waals surface area contributed by atoms with E-state index in [1.54, 1.807) is 19.2 Å². The quantitative estimate of drug-likeness (QED) is 0.769. The molecule has 0 aliphatic rings. The van der Waals surface area contributed by atoms with Gasteiger partial charge in [0.15, 0.2) is 5.76 Å². The number of methoxy groups -OCH3 is 1. The Bertz CT molecular complexity index is 573. The lowest BCUT2D eigenvalue weighted by Gasteiger charge is -2.05. The number of rotatable bonds is 6. The first-order chi connectivity index (χ1) is 9.70. The predicted octanol–water partition coefficient (Wildman–Crippen LogP) is 0.925. The van der Waals surface area contributed by atoms with E-state index in [0.29, 0.717) is 18.7 Å². The average Bonchev–Trinajstić information content (AvgIpc) is 2.89. The van der Waals surface area contributed by atoms with Crippen molar-refractivity contribution >= 4 is 22.8 Å². The number of ether oxygens (including phenoxy) is 1. The molecule has 0 radical (unpaired) electrons. The summed E-state index contributed by atoms with van der Waals surface area (Å²) in [5, 5.41) is 5.96. The van der Waals surface area contributed by atoms with Crippen LogP contribution in [0.2, 0.25) is 0 Å². The molecular formula is C14H16N2O4. The summed E-state index contributed by atoms with van der Waals surface area (Å²) in [7, 11) is 1.55. The molecule has 6 heteroatoms. The molecule has 6 nitrogen and oxygen atoms in total. The third-order valence-electron chi connectivity index (χ3n) is 2.69. The van der Waals surface area contributed by atoms with Gasteiger partial charge >= 0.3 is 0 Å². The van der Waals surface area contributed by atoms with E-state index < -0.39 is 5.91 Å². The molecule has 2 N–H and O–H groups in total. The maximum atomic E-state index is 11.8. The summed E-state index contributed by atoms with van der Waals surface area (Å²) in [6.45, 7) is 0.749. The van der Waals surface area contributed by atoms with Gasteiger partial charge in [0.2, 0.25) is 5.91 Å². The van der Waals surface area contributed by atoms with Crippen molar-refractivity contribution in [1.29, 1.82) is 0 Å². The van der Waals surface area contributed by atoms with Crippen LogP contribution in [-0.4, -0.2) is 38.6 Å². The fraction of sp³-hybridized carbons (Fsp3) is 0.286. The van der Waals surface area contributed by atoms with Crippen molar-refractivity contribution in [3.8, 4) is 0 Å². The Morgan fingerprint density at radius 1 is 1.25 bits per heavy atom. The Kier molecular flexibility index (Phi) is 4.73. The number of amides is 2. The van der Waals surface area contributed by atoms with Gasteiger partial charge in [0.05, 0.1) is 13.2 Å². The zero-order valence-corrected chi connectivity index (χ0v) is 11.1. The van der Waals surface area contributed by atoms with Gasteiger partial charge < -0.3 is 19.8 Å². The van der Waals surface area contributed by atoms with E-state index in [9.17, 15) is 9.59 Å². The highest BCUT2D eigenvalue weighted by Crippen LogP contribution is 2.18. The molecule has 2 rings (SSSR count). The van der Waals surface area contributed by atoms with Gasteiger partial charge in [-0.25, -0.2) is 0 Å². The number of hydrogen-bond donors (Lipinski definition) is 2. The molecular weight excluding hydrogens is 260 g/mol. The average molecular weight is 276 g/mol. The van der Waals surface area contributed by atoms with E-state index in [2.05, 4.69) is 10.6 Å². The van der Waals surface area contributed by atoms with Crippen molar-refractivity contribution < 1.29 is 18.7 Å². The highest BCUT2D eigenvalue weighted by molar-refractivity contribution is 5.97. The molecule has 0 saturated carbocycles. The van der Waals surface area contributed by atoms with Crippen LogP contribution in [0.25, 0.3) is 11.0 Å². The molecule has 2 amide bonds. The molecule has 0 aliphatic heterocycles. The van der Waals surface area contributed by atoms with Crippen LogP contribution in [0.15, 0.2) is 34.7 Å². The number of furan rings is 1. The summed E-state index contributed by atoms with van der Waals surface area (Å²) in [5.74, 6) is -0.495. The molecule has 0 saturated heterocycles. The van der Waals surface area contributed by atoms with Gasteiger partial charge in [-0.3, -0.25) is 9.59 Å². The van der Waals surface area contributed by atoms with E-state index >= 15 is 0 Å². The molecule has 0 fully saturated rings. The van der Waals surface area contributed by atoms with Crippen molar-refractivity contribution in [3.05, 3.63) is 36.1 Å². The number of carbonyl (C=O) groups is 2. The first kappa shape index (κ1) is 14.1. The number of nitrogens with one attached hydrogen (secondary N) is 2. The molecule has 2 aromatic rings. The van der Waals surface area contributed by atoms with E-state index in [0.717, 1.165) is 5.39 Å². The normalized spacial score (nSPS) is 10.4. The highest BCUT2D eigenvalue weighted by Gasteiger charge is 2.12. The van der Waals surface area contributed by atoms with Crippen molar-refractivity contribution in [3.63, 3.8) is 0 Å². The van der Waals surface area contributed by atoms with Crippen molar-refractivity contribution in [2.75, 3.05) is 26.8 Å². The predicted molar refractivity (Wildman–Crippen MR) is 73.4 cm³/mol. The van der Waals surface area contributed by atoms with E-state index in [4.69, 9.17) is 9.15 Å². The minimum absolute atomic E-state index is 0.0976. The van der Waals surface area contributed by atoms with Crippen LogP contribution in [-0.2, 0) is 9.53 Å². The van der Waals surface area contributed by atoms with Crippen molar-refractivity contribution in [2.45, 2.75) is 0 Å². The summed E-state index contributed by atoms with van der Waals surface area (Å²) in [6, 6.07) is 8.98. The van der Waals surface area contributed by atoms with Gasteiger partial charge in [0, 0.05) is 19.0 Å². The molecule has 1 aromatic heterocycles. The molecule has 0 unspecified atom stereocenters. The highest BCUT2D eigenvalue weighted by atomic mass is 16.5. The summed E-state index contributed by atoms with van der Waals surface area (Å²) in [5.41, 5.74) is 0.641. The maximum absolute atomic E-state index is 11.8. The zero-order chi connectivity index (χ0) is 14.4. The third kappa shape index (κ3) is 3.58. The van der Waals surface area contributed by atoms with Crippen LogP contribution in [0.3, 0.4) is 0 Å². The van der Waals surface area contributed by atoms with E-state index in [1.165, 1.54) is 0 Å². The van der Waals surface area contributed by atoms with Crippen LogP contribution in [0.5, 0.6) is 0 Å². The van der Waals surface area contributed by atoms with Crippen molar-refractivity contribution in [2.24, 2.45) is 0 Å². The van der Waals surface area contributed by atoms with Crippen LogP contribution in [0, 0.1) is 0 Å². The van der Waals surface area contributed by atoms with Gasteiger partial charge in [0.1, 0.15) is 5.58 Å². The van der Waals surface area contributed by atoms with Crippen LogP contribution >= 0.6 is 0 Å². The van der Waals surface area contributed by atoms with Gasteiger partial charge in [-0.15, -0.1) is 0 Å². The maximum Gasteiger partial charge on any atom is 0.287 e. The zero-order valence-electron chi connectivity index (χ0n) is 11.1. The molecule has 0 atom stereocenters. The van der Waals surface area contributed by atoms with E-state index in [1.807, 2.05) is 18.2 Å². The second-order valence-electron chi connectivity index (χ2n) is 4.17. The fourth-order valence-electron chi connectivity index (χ4n) is 1.70. The lowest BCUT2D eigenvalue weighted by atomic mass is 10.2. The molecule has 1 heterocycles. The molecule has 0 aliphatic carbocycles. The third-order valence-corrected chi connectivity index (χ3v) is 2.69. The molecule has 0 bridgehead atoms. The molecule has 1 aromatic carbocycles. The lowest BCUT2D eigenvalue weighted by molar-refractivity contribution is -0.120. The van der Waals surface area contributed by atoms with Gasteiger partial charge in [-0.1, -0.05) is 18.2 Å². The van der Waals surface area contributed by atoms with Crippen molar-refractivity contribution in [1.82, 2.24) is 10.6 Å². The summed E-state index contributed by atoms with van der Waals surface area (Å²) in [4.78, 5) is 23.3. The number of hydrogen-bond acceptors (Lipinski definition) is 4. The van der Waals surface area contributed by atoms with Crippen LogP contribution in [0.4, 0.5) is 0 Å². The monoisotopic (exact) mass is 276 g/mol. The Balaban J connectivity index is 1.87. The summed E-state index contributed by atoms with van der Waals surface area (Å²) >= 11 is 0. The van der Waals surface area contributed by atoms with Crippen LogP contribution in [0.1, 0.15) is 10.6 Å². The number of carbonyl (C=O) groups excluding carboxylic acids is 2. The van der Waals surface area contributed by atoms with Gasteiger partial charge in [-0.05, 0) is 12.1 Å². The molecule has 20 heavy (non-hydrogen) atoms. The smallest absolute Gasteiger partial charge is 0.287 e. The SMILES string of the molecule is COCCNC(=O)CNC(=O)c1cc2ccccc2o1. The second kappa shape index (κ2) is 6.72. The topological polar surface area (TPSA) is 80.6 Å². The van der Waals surface area contributed by atoms with Gasteiger partial charge in [0.25, 0.3) is 5.91 Å². The molecule has 106 valence electrons. The first-order valence-electron chi connectivity index (χ1n) is 6.23. The minimum atomic E-state index is -0.414. The first-order valence-corrected chi connectivity index (χ1v) is 6.23. The molecule has 0 spiro atoms. The number of benzene rings is 1. The second-order valence-corrected chi connectivity index (χ2v) is 4.17. The summed E-state index contributed by atoms with van der Waals surface area (Å²) < 4.78 is 10.2. The Labute approximate surface area is 116 Å². The Morgan fingerprint density at radius 2 is 2.05 bits per heavy atom. The summed E-state index contributed by atoms with van der Waals surface area (Å²) in [6.07, 6.45) is 0. The largest absolute Gasteiger partial charge is 0.451 e. The minimum Gasteiger partial charge on any atom is -0.451 e. The lowest BCUT2D eigenvalue weighted by Crippen LogP contribution is -2.38. The van der Waals surface area contributed by atoms with E-state index in [-0.39, 0.29) is 18.2 Å². The Morgan fingerprint density at radius 3 is 2.80 bits per heavy atom. The standard InChI is InChI=1S/C14H16N2O4/c1-19-7-6-15-13(17)9-16-14(18)12-8-10-4-2-3-5-11(10)20-12/h2-5,8H,6-7,9H2,1H3,(H,15,17)(H,16,18). The number of para-hydroxylation sites is 1. The fourth-order valence-corrected chi connectivity index (χ4v) is 1.70. The van der Waals surface area contributed by atoms with Gasteiger partial charge in [-0.2, -0.15) is 0 Å².